The summed E-state index contributed by atoms with van der Waals surface area (Å²) in [6.07, 6.45) is -0.0836. The van der Waals surface area contributed by atoms with Crippen LogP contribution in [0.25, 0.3) is 0 Å². The monoisotopic (exact) mass is 241 g/mol. The number of hydrogen-bond acceptors (Lipinski definition) is 2. The zero-order chi connectivity index (χ0) is 6.85. The lowest BCUT2D eigenvalue weighted by atomic mass is 10.4. The Kier molecular flexibility index (Phi) is 2.15. The molecule has 1 aliphatic rings. The van der Waals surface area contributed by atoms with Gasteiger partial charge in [0.25, 0.3) is 0 Å². The molecule has 0 spiro atoms. The molecule has 9 heavy (non-hydrogen) atoms. The molecule has 0 saturated carbocycles. The number of halogens is 1. The molecule has 0 aromatic rings. The highest BCUT2D eigenvalue weighted by Gasteiger charge is 2.26. The molecule has 1 amide bonds. The van der Waals surface area contributed by atoms with Crippen molar-refractivity contribution >= 4 is 28.7 Å². The molecule has 1 heterocycles. The van der Waals surface area contributed by atoms with Gasteiger partial charge in [-0.25, -0.2) is 4.79 Å². The van der Waals surface area contributed by atoms with Gasteiger partial charge in [0.1, 0.15) is 6.10 Å². The molecular formula is C5H8INO2. The Morgan fingerprint density at radius 3 is 2.89 bits per heavy atom. The Morgan fingerprint density at radius 2 is 2.67 bits per heavy atom. The van der Waals surface area contributed by atoms with Gasteiger partial charge in [0.2, 0.25) is 0 Å². The van der Waals surface area contributed by atoms with Crippen molar-refractivity contribution in [2.24, 2.45) is 0 Å². The third-order valence-electron chi connectivity index (χ3n) is 1.23. The standard InChI is InChI=1S/C5H8INO2/c1-7-3-4(2-6)9-5(7)8/h4H,2-3H2,1H3. The molecule has 0 N–H and O–H groups in total. The van der Waals surface area contributed by atoms with E-state index in [4.69, 9.17) is 4.74 Å². The molecule has 4 heteroatoms. The zero-order valence-corrected chi connectivity index (χ0v) is 7.29. The lowest BCUT2D eigenvalue weighted by Crippen LogP contribution is -2.19. The predicted molar refractivity (Wildman–Crippen MR) is 41.8 cm³/mol. The zero-order valence-electron chi connectivity index (χ0n) is 5.13. The van der Waals surface area contributed by atoms with E-state index in [0.29, 0.717) is 0 Å². The molecule has 1 fully saturated rings. The molecule has 1 aliphatic heterocycles. The van der Waals surface area contributed by atoms with Crippen molar-refractivity contribution in [2.45, 2.75) is 6.10 Å². The van der Waals surface area contributed by atoms with Crippen molar-refractivity contribution in [1.29, 1.82) is 0 Å². The van der Waals surface area contributed by atoms with Gasteiger partial charge < -0.3 is 9.64 Å². The third-order valence-corrected chi connectivity index (χ3v) is 2.21. The van der Waals surface area contributed by atoms with E-state index in [0.717, 1.165) is 11.0 Å². The summed E-state index contributed by atoms with van der Waals surface area (Å²) in [5.41, 5.74) is 0. The van der Waals surface area contributed by atoms with E-state index in [2.05, 4.69) is 22.6 Å². The van der Waals surface area contributed by atoms with Crippen LogP contribution in [-0.4, -0.2) is 35.1 Å². The Bertz CT molecular complexity index is 128. The second-order valence-electron chi connectivity index (χ2n) is 2.04. The first kappa shape index (κ1) is 7.11. The summed E-state index contributed by atoms with van der Waals surface area (Å²) < 4.78 is 5.78. The molecule has 0 aromatic carbocycles. The van der Waals surface area contributed by atoms with Crippen LogP contribution in [0, 0.1) is 0 Å². The highest BCUT2D eigenvalue weighted by molar-refractivity contribution is 14.1. The largest absolute Gasteiger partial charge is 0.443 e. The summed E-state index contributed by atoms with van der Waals surface area (Å²) in [4.78, 5) is 12.2. The summed E-state index contributed by atoms with van der Waals surface area (Å²) in [7, 11) is 1.74. The lowest BCUT2D eigenvalue weighted by molar-refractivity contribution is 0.143. The van der Waals surface area contributed by atoms with Gasteiger partial charge in [-0.15, -0.1) is 0 Å². The van der Waals surface area contributed by atoms with Crippen molar-refractivity contribution < 1.29 is 9.53 Å². The number of likely N-dealkylation sites (N-methyl/N-ethyl adjacent to an activating group) is 1. The summed E-state index contributed by atoms with van der Waals surface area (Å²) >= 11 is 2.21. The molecule has 0 aromatic heterocycles. The van der Waals surface area contributed by atoms with Crippen molar-refractivity contribution in [3.63, 3.8) is 0 Å². The number of hydrogen-bond donors (Lipinski definition) is 0. The highest BCUT2D eigenvalue weighted by Crippen LogP contribution is 2.10. The quantitative estimate of drug-likeness (QED) is 0.503. The topological polar surface area (TPSA) is 29.5 Å². The number of carbonyl (C=O) groups is 1. The number of alkyl halides is 1. The summed E-state index contributed by atoms with van der Waals surface area (Å²) in [6, 6.07) is 0. The van der Waals surface area contributed by atoms with E-state index in [-0.39, 0.29) is 12.2 Å². The first-order valence-electron chi connectivity index (χ1n) is 2.71. The summed E-state index contributed by atoms with van der Waals surface area (Å²) in [6.45, 7) is 0.738. The van der Waals surface area contributed by atoms with Gasteiger partial charge >= 0.3 is 6.09 Å². The Morgan fingerprint density at radius 1 is 2.00 bits per heavy atom. The predicted octanol–water partition coefficient (Wildman–Crippen LogP) is 0.872. The van der Waals surface area contributed by atoms with Gasteiger partial charge in [-0.1, -0.05) is 22.6 Å². The van der Waals surface area contributed by atoms with Crippen LogP contribution in [0.5, 0.6) is 0 Å². The maximum Gasteiger partial charge on any atom is 0.409 e. The van der Waals surface area contributed by atoms with Crippen LogP contribution in [0.15, 0.2) is 0 Å². The van der Waals surface area contributed by atoms with Gasteiger partial charge in [0.05, 0.1) is 6.54 Å². The molecule has 0 aliphatic carbocycles. The fourth-order valence-electron chi connectivity index (χ4n) is 0.730. The van der Waals surface area contributed by atoms with Gasteiger partial charge in [0.15, 0.2) is 0 Å². The van der Waals surface area contributed by atoms with Crippen LogP contribution in [0.2, 0.25) is 0 Å². The molecule has 52 valence electrons. The minimum atomic E-state index is -0.198. The van der Waals surface area contributed by atoms with Crippen LogP contribution in [-0.2, 0) is 4.74 Å². The molecule has 0 bridgehead atoms. The third kappa shape index (κ3) is 1.47. The Balaban J connectivity index is 2.44. The summed E-state index contributed by atoms with van der Waals surface area (Å²) in [5.74, 6) is 0. The average molecular weight is 241 g/mol. The van der Waals surface area contributed by atoms with Gasteiger partial charge in [-0.05, 0) is 0 Å². The molecular weight excluding hydrogens is 233 g/mol. The van der Waals surface area contributed by atoms with Crippen LogP contribution in [0.4, 0.5) is 4.79 Å². The van der Waals surface area contributed by atoms with E-state index in [1.54, 1.807) is 11.9 Å². The van der Waals surface area contributed by atoms with Gasteiger partial charge in [0, 0.05) is 11.5 Å². The molecule has 1 atom stereocenters. The van der Waals surface area contributed by atoms with Gasteiger partial charge in [-0.3, -0.25) is 0 Å². The molecule has 0 radical (unpaired) electrons. The summed E-state index contributed by atoms with van der Waals surface area (Å²) in [5, 5.41) is 0. The smallest absolute Gasteiger partial charge is 0.409 e. The van der Waals surface area contributed by atoms with Crippen molar-refractivity contribution in [3.8, 4) is 0 Å². The Labute approximate surface area is 67.5 Å². The van der Waals surface area contributed by atoms with Gasteiger partial charge in [-0.2, -0.15) is 0 Å². The molecule has 3 nitrogen and oxygen atoms in total. The minimum Gasteiger partial charge on any atom is -0.443 e. The SMILES string of the molecule is CN1CC(CI)OC1=O. The minimum absolute atomic E-state index is 0.114. The lowest BCUT2D eigenvalue weighted by Gasteiger charge is -2.00. The fourth-order valence-corrected chi connectivity index (χ4v) is 1.19. The number of rotatable bonds is 1. The normalized spacial score (nSPS) is 26.7. The number of ether oxygens (including phenoxy) is 1. The van der Waals surface area contributed by atoms with Crippen molar-refractivity contribution in [3.05, 3.63) is 0 Å². The van der Waals surface area contributed by atoms with Crippen LogP contribution < -0.4 is 0 Å². The number of nitrogens with zero attached hydrogens (tertiary/aromatic N) is 1. The highest BCUT2D eigenvalue weighted by atomic mass is 127. The van der Waals surface area contributed by atoms with Crippen LogP contribution in [0.3, 0.4) is 0 Å². The maximum atomic E-state index is 10.6. The molecule has 1 saturated heterocycles. The van der Waals surface area contributed by atoms with Crippen LogP contribution in [0.1, 0.15) is 0 Å². The van der Waals surface area contributed by atoms with Crippen molar-refractivity contribution in [2.75, 3.05) is 18.0 Å². The second-order valence-corrected chi connectivity index (χ2v) is 2.92. The van der Waals surface area contributed by atoms with Crippen molar-refractivity contribution in [1.82, 2.24) is 4.90 Å². The van der Waals surface area contributed by atoms with E-state index < -0.39 is 0 Å². The fraction of sp³-hybridized carbons (Fsp3) is 0.800. The first-order chi connectivity index (χ1) is 4.24. The number of carbonyl (C=O) groups excluding carboxylic acids is 1. The number of cyclic esters (lactones) is 1. The van der Waals surface area contributed by atoms with E-state index in [1.165, 1.54) is 0 Å². The molecule has 1 unspecified atom stereocenters. The second kappa shape index (κ2) is 2.72. The van der Waals surface area contributed by atoms with E-state index in [9.17, 15) is 4.79 Å². The van der Waals surface area contributed by atoms with Crippen LogP contribution >= 0.6 is 22.6 Å². The van der Waals surface area contributed by atoms with E-state index >= 15 is 0 Å². The average Bonchev–Trinajstić information content (AvgIpc) is 2.13. The Hall–Kier alpha value is 0. The van der Waals surface area contributed by atoms with E-state index in [1.807, 2.05) is 0 Å². The maximum absolute atomic E-state index is 10.6. The first-order valence-corrected chi connectivity index (χ1v) is 4.24. The molecule has 1 rings (SSSR count). The number of amides is 1.